The molecule has 0 radical (unpaired) electrons. The number of ether oxygens (including phenoxy) is 2. The summed E-state index contributed by atoms with van der Waals surface area (Å²) in [5, 5.41) is 3.94. The molecular formula is C23H25N3O3. The van der Waals surface area contributed by atoms with Crippen LogP contribution in [0, 0.1) is 6.92 Å². The number of methoxy groups -OCH3 is 1. The third-order valence-electron chi connectivity index (χ3n) is 5.15. The molecular weight excluding hydrogens is 366 g/mol. The van der Waals surface area contributed by atoms with Crippen LogP contribution in [0.5, 0.6) is 11.5 Å². The smallest absolute Gasteiger partial charge is 0.262 e. The van der Waals surface area contributed by atoms with E-state index in [4.69, 9.17) is 14.5 Å². The highest BCUT2D eigenvalue weighted by Crippen LogP contribution is 2.27. The third-order valence-corrected chi connectivity index (χ3v) is 5.15. The Kier molecular flexibility index (Phi) is 5.51. The van der Waals surface area contributed by atoms with Crippen LogP contribution in [0.15, 0.2) is 48.5 Å². The molecule has 2 heterocycles. The van der Waals surface area contributed by atoms with Gasteiger partial charge in [-0.2, -0.15) is 0 Å². The van der Waals surface area contributed by atoms with E-state index in [2.05, 4.69) is 23.2 Å². The van der Waals surface area contributed by atoms with Crippen molar-refractivity contribution in [1.82, 2.24) is 4.98 Å². The Morgan fingerprint density at radius 2 is 1.79 bits per heavy atom. The van der Waals surface area contributed by atoms with Gasteiger partial charge in [0.2, 0.25) is 0 Å². The maximum absolute atomic E-state index is 12.3. The monoisotopic (exact) mass is 391 g/mol. The summed E-state index contributed by atoms with van der Waals surface area (Å²) in [6, 6.07) is 15.1. The Morgan fingerprint density at radius 3 is 2.52 bits per heavy atom. The Bertz CT molecular complexity index is 1010. The summed E-state index contributed by atoms with van der Waals surface area (Å²) < 4.78 is 10.7. The molecule has 0 aliphatic carbocycles. The second-order valence-electron chi connectivity index (χ2n) is 7.24. The number of carbonyl (C=O) groups is 1. The predicted molar refractivity (Wildman–Crippen MR) is 115 cm³/mol. The first-order valence-electron chi connectivity index (χ1n) is 9.85. The molecule has 1 aliphatic rings. The van der Waals surface area contributed by atoms with Gasteiger partial charge in [0.15, 0.2) is 6.61 Å². The highest BCUT2D eigenvalue weighted by atomic mass is 16.5. The molecule has 0 unspecified atom stereocenters. The molecule has 0 spiro atoms. The van der Waals surface area contributed by atoms with Crippen LogP contribution >= 0.6 is 0 Å². The van der Waals surface area contributed by atoms with Gasteiger partial charge < -0.3 is 19.7 Å². The minimum atomic E-state index is -0.209. The van der Waals surface area contributed by atoms with Gasteiger partial charge in [0.05, 0.1) is 12.6 Å². The number of fused-ring (bicyclic) bond motifs is 1. The van der Waals surface area contributed by atoms with Crippen molar-refractivity contribution in [3.8, 4) is 11.5 Å². The average Bonchev–Trinajstić information content (AvgIpc) is 3.28. The molecule has 1 N–H and O–H groups in total. The van der Waals surface area contributed by atoms with Crippen molar-refractivity contribution in [3.05, 3.63) is 54.1 Å². The van der Waals surface area contributed by atoms with Gasteiger partial charge in [0.25, 0.3) is 5.91 Å². The summed E-state index contributed by atoms with van der Waals surface area (Å²) >= 11 is 0. The van der Waals surface area contributed by atoms with Gasteiger partial charge in [-0.05, 0) is 73.9 Å². The van der Waals surface area contributed by atoms with Crippen molar-refractivity contribution < 1.29 is 14.3 Å². The molecule has 6 nitrogen and oxygen atoms in total. The van der Waals surface area contributed by atoms with Gasteiger partial charge in [0, 0.05) is 24.2 Å². The Balaban J connectivity index is 1.42. The Morgan fingerprint density at radius 1 is 1.07 bits per heavy atom. The SMILES string of the molecule is COc1ccc(OCC(=O)Nc2ccc3nc(N4CCCC4)cc(C)c3c2)cc1. The van der Waals surface area contributed by atoms with Crippen LogP contribution < -0.4 is 19.7 Å². The lowest BCUT2D eigenvalue weighted by molar-refractivity contribution is -0.118. The van der Waals surface area contributed by atoms with Crippen LogP contribution in [0.3, 0.4) is 0 Å². The zero-order valence-corrected chi connectivity index (χ0v) is 16.8. The third kappa shape index (κ3) is 4.42. The highest BCUT2D eigenvalue weighted by Gasteiger charge is 2.15. The standard InChI is InChI=1S/C23H25N3O3/c1-16-13-22(26-11-3-4-12-26)25-21-10-5-17(14-20(16)21)24-23(27)15-29-19-8-6-18(28-2)7-9-19/h5-10,13-14H,3-4,11-12,15H2,1-2H3,(H,24,27). The molecule has 0 bridgehead atoms. The molecule has 0 saturated carbocycles. The van der Waals surface area contributed by atoms with Gasteiger partial charge in [-0.1, -0.05) is 0 Å². The van der Waals surface area contributed by atoms with Crippen molar-refractivity contribution in [1.29, 1.82) is 0 Å². The van der Waals surface area contributed by atoms with Crippen LogP contribution in [0.1, 0.15) is 18.4 Å². The second kappa shape index (κ2) is 8.39. The summed E-state index contributed by atoms with van der Waals surface area (Å²) in [6.07, 6.45) is 2.45. The molecule has 6 heteroatoms. The Labute approximate surface area is 170 Å². The van der Waals surface area contributed by atoms with E-state index in [1.807, 2.05) is 18.2 Å². The lowest BCUT2D eigenvalue weighted by Crippen LogP contribution is -2.20. The molecule has 29 heavy (non-hydrogen) atoms. The summed E-state index contributed by atoms with van der Waals surface area (Å²) in [7, 11) is 1.61. The molecule has 1 aromatic heterocycles. The number of anilines is 2. The second-order valence-corrected chi connectivity index (χ2v) is 7.24. The normalized spacial score (nSPS) is 13.5. The van der Waals surface area contributed by atoms with Gasteiger partial charge in [-0.25, -0.2) is 4.98 Å². The number of aromatic nitrogens is 1. The van der Waals surface area contributed by atoms with E-state index in [0.29, 0.717) is 5.75 Å². The van der Waals surface area contributed by atoms with Gasteiger partial charge in [-0.3, -0.25) is 4.79 Å². The minimum absolute atomic E-state index is 0.0600. The number of amides is 1. The van der Waals surface area contributed by atoms with Crippen LogP contribution in [-0.2, 0) is 4.79 Å². The van der Waals surface area contributed by atoms with E-state index < -0.39 is 0 Å². The zero-order chi connectivity index (χ0) is 20.2. The van der Waals surface area contributed by atoms with Crippen molar-refractivity contribution in [2.24, 2.45) is 0 Å². The number of benzene rings is 2. The van der Waals surface area contributed by atoms with Crippen molar-refractivity contribution >= 4 is 28.3 Å². The first-order valence-corrected chi connectivity index (χ1v) is 9.85. The van der Waals surface area contributed by atoms with Gasteiger partial charge in [0.1, 0.15) is 17.3 Å². The molecule has 1 amide bonds. The minimum Gasteiger partial charge on any atom is -0.497 e. The number of hydrogen-bond acceptors (Lipinski definition) is 5. The number of rotatable bonds is 6. The number of carbonyl (C=O) groups excluding carboxylic acids is 1. The number of hydrogen-bond donors (Lipinski definition) is 1. The summed E-state index contributed by atoms with van der Waals surface area (Å²) in [5.41, 5.74) is 2.83. The fourth-order valence-corrected chi connectivity index (χ4v) is 3.58. The van der Waals surface area contributed by atoms with E-state index in [9.17, 15) is 4.79 Å². The quantitative estimate of drug-likeness (QED) is 0.683. The van der Waals surface area contributed by atoms with Crippen molar-refractivity contribution in [2.45, 2.75) is 19.8 Å². The van der Waals surface area contributed by atoms with Crippen LogP contribution in [0.4, 0.5) is 11.5 Å². The fraction of sp³-hybridized carbons (Fsp3) is 0.304. The first-order chi connectivity index (χ1) is 14.1. The molecule has 2 aromatic carbocycles. The average molecular weight is 391 g/mol. The predicted octanol–water partition coefficient (Wildman–Crippen LogP) is 4.17. The molecule has 1 aliphatic heterocycles. The lowest BCUT2D eigenvalue weighted by Gasteiger charge is -2.18. The zero-order valence-electron chi connectivity index (χ0n) is 16.8. The maximum atomic E-state index is 12.3. The summed E-state index contributed by atoms with van der Waals surface area (Å²) in [5.74, 6) is 2.19. The van der Waals surface area contributed by atoms with Crippen LogP contribution in [0.25, 0.3) is 10.9 Å². The number of pyridine rings is 1. The van der Waals surface area contributed by atoms with Gasteiger partial charge >= 0.3 is 0 Å². The van der Waals surface area contributed by atoms with Gasteiger partial charge in [-0.15, -0.1) is 0 Å². The summed E-state index contributed by atoms with van der Waals surface area (Å²) in [6.45, 7) is 4.16. The van der Waals surface area contributed by atoms with E-state index >= 15 is 0 Å². The number of nitrogens with zero attached hydrogens (tertiary/aromatic N) is 2. The van der Waals surface area contributed by atoms with E-state index in [-0.39, 0.29) is 12.5 Å². The van der Waals surface area contributed by atoms with Crippen molar-refractivity contribution in [3.63, 3.8) is 0 Å². The first kappa shape index (κ1) is 19.1. The lowest BCUT2D eigenvalue weighted by atomic mass is 10.1. The molecule has 1 fully saturated rings. The largest absolute Gasteiger partial charge is 0.497 e. The van der Waals surface area contributed by atoms with E-state index in [1.165, 1.54) is 12.8 Å². The van der Waals surface area contributed by atoms with E-state index in [0.717, 1.165) is 46.8 Å². The molecule has 1 saturated heterocycles. The molecule has 0 atom stereocenters. The molecule has 4 rings (SSSR count). The summed E-state index contributed by atoms with van der Waals surface area (Å²) in [4.78, 5) is 19.4. The topological polar surface area (TPSA) is 63.7 Å². The maximum Gasteiger partial charge on any atom is 0.262 e. The van der Waals surface area contributed by atoms with Crippen LogP contribution in [-0.4, -0.2) is 37.7 Å². The number of aryl methyl sites for hydroxylation is 1. The molecule has 3 aromatic rings. The van der Waals surface area contributed by atoms with E-state index in [1.54, 1.807) is 31.4 Å². The Hall–Kier alpha value is -3.28. The molecule has 150 valence electrons. The number of nitrogens with one attached hydrogen (secondary N) is 1. The highest BCUT2D eigenvalue weighted by molar-refractivity contribution is 5.95. The fourth-order valence-electron chi connectivity index (χ4n) is 3.58. The van der Waals surface area contributed by atoms with Crippen LogP contribution in [0.2, 0.25) is 0 Å². The van der Waals surface area contributed by atoms with Crippen molar-refractivity contribution in [2.75, 3.05) is 37.0 Å².